The molecule has 2 aliphatic rings. The lowest BCUT2D eigenvalue weighted by atomic mass is 9.92. The first-order valence-electron chi connectivity index (χ1n) is 8.73. The van der Waals surface area contributed by atoms with Crippen LogP contribution in [0.25, 0.3) is 0 Å². The van der Waals surface area contributed by atoms with Crippen LogP contribution in [0.15, 0.2) is 16.7 Å². The number of likely N-dealkylation sites (tertiary alicyclic amines) is 1. The third kappa shape index (κ3) is 3.89. The summed E-state index contributed by atoms with van der Waals surface area (Å²) in [4.78, 5) is 2.67. The van der Waals surface area contributed by atoms with E-state index >= 15 is 0 Å². The van der Waals surface area contributed by atoms with E-state index < -0.39 is 0 Å². The lowest BCUT2D eigenvalue weighted by molar-refractivity contribution is 0.0979. The Labute approximate surface area is 129 Å². The predicted molar refractivity (Wildman–Crippen MR) is 86.0 cm³/mol. The molecule has 2 fully saturated rings. The van der Waals surface area contributed by atoms with Crippen LogP contribution in [-0.4, -0.2) is 24.0 Å². The second-order valence-electron chi connectivity index (χ2n) is 7.32. The van der Waals surface area contributed by atoms with Crippen molar-refractivity contribution in [3.8, 4) is 0 Å². The molecule has 1 saturated carbocycles. The van der Waals surface area contributed by atoms with E-state index in [0.29, 0.717) is 5.92 Å². The monoisotopic (exact) mass is 290 g/mol. The summed E-state index contributed by atoms with van der Waals surface area (Å²) in [6.45, 7) is 8.72. The Bertz CT molecular complexity index is 440. The number of furan rings is 1. The summed E-state index contributed by atoms with van der Waals surface area (Å²) in [7, 11) is 0. The fourth-order valence-electron chi connectivity index (χ4n) is 4.06. The van der Waals surface area contributed by atoms with E-state index in [1.54, 1.807) is 0 Å². The maximum Gasteiger partial charge on any atom is 0.118 e. The maximum absolute atomic E-state index is 5.79. The molecule has 1 N–H and O–H groups in total. The zero-order valence-corrected chi connectivity index (χ0v) is 13.6. The van der Waals surface area contributed by atoms with Crippen molar-refractivity contribution in [1.82, 2.24) is 10.2 Å². The van der Waals surface area contributed by atoms with Gasteiger partial charge in [0.2, 0.25) is 0 Å². The Balaban J connectivity index is 1.52. The minimum absolute atomic E-state index is 0.698. The van der Waals surface area contributed by atoms with Crippen LogP contribution >= 0.6 is 0 Å². The van der Waals surface area contributed by atoms with Gasteiger partial charge in [0, 0.05) is 18.2 Å². The Kier molecular flexibility index (Phi) is 5.02. The number of hydrogen-bond acceptors (Lipinski definition) is 3. The van der Waals surface area contributed by atoms with Crippen molar-refractivity contribution in [2.45, 2.75) is 65.1 Å². The third-order valence-corrected chi connectivity index (χ3v) is 5.06. The van der Waals surface area contributed by atoms with Crippen LogP contribution < -0.4 is 5.32 Å². The van der Waals surface area contributed by atoms with E-state index in [9.17, 15) is 0 Å². The second kappa shape index (κ2) is 6.97. The number of rotatable bonds is 6. The number of fused-ring (bicyclic) bond motifs is 1. The molecule has 118 valence electrons. The van der Waals surface area contributed by atoms with Crippen molar-refractivity contribution in [3.05, 3.63) is 23.7 Å². The Morgan fingerprint density at radius 2 is 2.14 bits per heavy atom. The van der Waals surface area contributed by atoms with Gasteiger partial charge in [0.05, 0.1) is 12.8 Å². The van der Waals surface area contributed by atoms with E-state index in [-0.39, 0.29) is 0 Å². The fraction of sp³-hybridized carbons (Fsp3) is 0.778. The normalized spacial score (nSPS) is 26.4. The molecule has 3 heteroatoms. The first kappa shape index (κ1) is 15.1. The van der Waals surface area contributed by atoms with Crippen molar-refractivity contribution in [2.24, 2.45) is 11.8 Å². The molecule has 3 nitrogen and oxygen atoms in total. The maximum atomic E-state index is 5.79. The van der Waals surface area contributed by atoms with Gasteiger partial charge < -0.3 is 9.73 Å². The largest absolute Gasteiger partial charge is 0.468 e. The number of nitrogens with one attached hydrogen (secondary N) is 1. The van der Waals surface area contributed by atoms with E-state index in [0.717, 1.165) is 37.4 Å². The van der Waals surface area contributed by atoms with Gasteiger partial charge in [-0.2, -0.15) is 0 Å². The topological polar surface area (TPSA) is 28.4 Å². The zero-order chi connectivity index (χ0) is 14.7. The van der Waals surface area contributed by atoms with Crippen LogP contribution in [0.3, 0.4) is 0 Å². The van der Waals surface area contributed by atoms with E-state index in [2.05, 4.69) is 30.1 Å². The van der Waals surface area contributed by atoms with Gasteiger partial charge in [0.15, 0.2) is 0 Å². The quantitative estimate of drug-likeness (QED) is 0.864. The lowest BCUT2D eigenvalue weighted by Gasteiger charge is -2.37. The smallest absolute Gasteiger partial charge is 0.118 e. The van der Waals surface area contributed by atoms with Crippen LogP contribution in [0.2, 0.25) is 0 Å². The summed E-state index contributed by atoms with van der Waals surface area (Å²) in [6, 6.07) is 3.07. The minimum atomic E-state index is 0.698. The van der Waals surface area contributed by atoms with Crippen molar-refractivity contribution >= 4 is 0 Å². The molecule has 1 saturated heterocycles. The summed E-state index contributed by atoms with van der Waals surface area (Å²) in [5.41, 5.74) is 1.28. The molecule has 1 aliphatic carbocycles. The van der Waals surface area contributed by atoms with Crippen molar-refractivity contribution < 1.29 is 4.42 Å². The number of piperidine rings is 1. The summed E-state index contributed by atoms with van der Waals surface area (Å²) in [5, 5.41) is 3.48. The average Bonchev–Trinajstić information content (AvgIpc) is 3.08. The molecule has 0 aromatic carbocycles. The van der Waals surface area contributed by atoms with Gasteiger partial charge in [-0.05, 0) is 56.7 Å². The zero-order valence-electron chi connectivity index (χ0n) is 13.6. The highest BCUT2D eigenvalue weighted by molar-refractivity contribution is 5.13. The molecule has 1 aromatic rings. The van der Waals surface area contributed by atoms with E-state index in [4.69, 9.17) is 4.42 Å². The molecular formula is C18H30N2O. The van der Waals surface area contributed by atoms with Gasteiger partial charge in [-0.3, -0.25) is 4.90 Å². The van der Waals surface area contributed by atoms with Crippen LogP contribution in [0.1, 0.15) is 57.3 Å². The molecule has 1 aliphatic heterocycles. The third-order valence-electron chi connectivity index (χ3n) is 5.06. The first-order valence-corrected chi connectivity index (χ1v) is 8.73. The molecule has 3 rings (SSSR count). The molecule has 0 spiro atoms. The van der Waals surface area contributed by atoms with Crippen LogP contribution in [-0.2, 0) is 13.1 Å². The van der Waals surface area contributed by atoms with Gasteiger partial charge in [-0.15, -0.1) is 0 Å². The standard InChI is InChI=1S/C18H30N2O/c1-14(2)10-19-11-15-9-17(21-13-15)12-20-8-4-6-16-5-3-7-18(16)20/h9,13-14,16,18-19H,3-8,10-12H2,1-2H3. The highest BCUT2D eigenvalue weighted by Gasteiger charge is 2.35. The number of nitrogens with zero attached hydrogens (tertiary/aromatic N) is 1. The van der Waals surface area contributed by atoms with Gasteiger partial charge in [0.1, 0.15) is 5.76 Å². The van der Waals surface area contributed by atoms with Gasteiger partial charge >= 0.3 is 0 Å². The Morgan fingerprint density at radius 3 is 3.00 bits per heavy atom. The Morgan fingerprint density at radius 1 is 1.29 bits per heavy atom. The summed E-state index contributed by atoms with van der Waals surface area (Å²) in [6.07, 6.45) is 9.01. The predicted octanol–water partition coefficient (Wildman–Crippen LogP) is 3.79. The van der Waals surface area contributed by atoms with Gasteiger partial charge in [-0.25, -0.2) is 0 Å². The van der Waals surface area contributed by atoms with E-state index in [1.165, 1.54) is 44.2 Å². The summed E-state index contributed by atoms with van der Waals surface area (Å²) < 4.78 is 5.79. The second-order valence-corrected chi connectivity index (χ2v) is 7.32. The van der Waals surface area contributed by atoms with Crippen LogP contribution in [0.5, 0.6) is 0 Å². The molecule has 21 heavy (non-hydrogen) atoms. The molecule has 0 radical (unpaired) electrons. The van der Waals surface area contributed by atoms with Crippen molar-refractivity contribution in [1.29, 1.82) is 0 Å². The van der Waals surface area contributed by atoms with Gasteiger partial charge in [0.25, 0.3) is 0 Å². The summed E-state index contributed by atoms with van der Waals surface area (Å²) >= 11 is 0. The SMILES string of the molecule is CC(C)CNCc1coc(CN2CCCC3CCCC32)c1. The van der Waals surface area contributed by atoms with Crippen molar-refractivity contribution in [3.63, 3.8) is 0 Å². The molecule has 0 amide bonds. The Hall–Kier alpha value is -0.800. The van der Waals surface area contributed by atoms with Crippen LogP contribution in [0, 0.1) is 11.8 Å². The molecule has 0 bridgehead atoms. The van der Waals surface area contributed by atoms with E-state index in [1.807, 2.05) is 6.26 Å². The van der Waals surface area contributed by atoms with Gasteiger partial charge in [-0.1, -0.05) is 20.3 Å². The highest BCUT2D eigenvalue weighted by Crippen LogP contribution is 2.37. The summed E-state index contributed by atoms with van der Waals surface area (Å²) in [5.74, 6) is 2.80. The lowest BCUT2D eigenvalue weighted by Crippen LogP contribution is -2.41. The fourth-order valence-corrected chi connectivity index (χ4v) is 4.06. The highest BCUT2D eigenvalue weighted by atomic mass is 16.3. The molecular weight excluding hydrogens is 260 g/mol. The van der Waals surface area contributed by atoms with Crippen LogP contribution in [0.4, 0.5) is 0 Å². The molecule has 2 heterocycles. The molecule has 2 unspecified atom stereocenters. The van der Waals surface area contributed by atoms with Crippen molar-refractivity contribution in [2.75, 3.05) is 13.1 Å². The number of hydrogen-bond donors (Lipinski definition) is 1. The molecule has 2 atom stereocenters. The molecule has 1 aromatic heterocycles. The average molecular weight is 290 g/mol. The first-order chi connectivity index (χ1) is 10.2. The minimum Gasteiger partial charge on any atom is -0.468 e.